The summed E-state index contributed by atoms with van der Waals surface area (Å²) in [6.07, 6.45) is 11.4. The normalized spacial score (nSPS) is 15.1. The number of carbonyl (C=O) groups excluding carboxylic acids is 2. The molecule has 1 aliphatic heterocycles. The number of hydrogen-bond acceptors (Lipinski definition) is 9. The number of anilines is 1. The SMILES string of the molecule is CC[CH-]C(CC)N=C(C=NC)c1cc(C(F)(F)F)nn1CC(C)(C)NC(=O)C(CC1=CN(C)CC=C1)NC(=O)C1CC1.CN=Cc1cc(-c2cccc(P)c2)cnc1N.[CH2-]C.[U+2]. The Morgan fingerprint density at radius 2 is 1.82 bits per heavy atom. The van der Waals surface area contributed by atoms with Crippen molar-refractivity contribution in [2.75, 3.05) is 33.4 Å². The second-order valence-electron chi connectivity index (χ2n) is 15.3. The average Bonchev–Trinajstić information content (AvgIpc) is 3.98. The van der Waals surface area contributed by atoms with Crippen LogP contribution in [-0.2, 0) is 22.3 Å². The van der Waals surface area contributed by atoms with Crippen LogP contribution in [0.3, 0.4) is 0 Å². The molecule has 4 N–H and O–H groups in total. The van der Waals surface area contributed by atoms with Crippen molar-refractivity contribution >= 4 is 50.3 Å². The Kier molecular flexibility index (Phi) is 22.5. The van der Waals surface area contributed by atoms with E-state index in [4.69, 9.17) is 5.73 Å². The monoisotopic (exact) mass is 1100 g/mol. The number of likely N-dealkylation sites (N-methyl/N-ethyl adjacent to an activating group) is 1. The van der Waals surface area contributed by atoms with E-state index < -0.39 is 29.4 Å². The van der Waals surface area contributed by atoms with Crippen LogP contribution in [0.1, 0.15) is 83.7 Å². The minimum atomic E-state index is -4.67. The molecule has 1 aromatic carbocycles. The number of benzene rings is 1. The third-order valence-corrected chi connectivity index (χ3v) is 9.75. The number of aromatic nitrogens is 3. The van der Waals surface area contributed by atoms with E-state index >= 15 is 0 Å². The number of nitrogens with zero attached hydrogens (tertiary/aromatic N) is 7. The van der Waals surface area contributed by atoms with Crippen molar-refractivity contribution in [2.45, 2.75) is 97.1 Å². The van der Waals surface area contributed by atoms with E-state index in [1.165, 1.54) is 17.9 Å². The van der Waals surface area contributed by atoms with Gasteiger partial charge in [-0.15, -0.1) is 9.24 Å². The molecule has 1 fully saturated rings. The standard InChI is InChI=1S/C30H43F3N7O2.C13H14N3P.C2H5.U/c1-7-10-22(8-2)35-24(17-34-5)25-16-26(30(31,32)33)38-40(25)19-29(3,4)37-28(42)23(36-27(41)21-12-13-21)15-20-11-9-14-39(6)18-20;1-15-7-11-5-10(8-16-13(11)14)9-3-2-4-12(17)6-9;1-2;/h9-11,16-18,21-23H,7-8,12-15,19H2,1-6H3,(H,36,41)(H,37,42);2-8H,17H2,1H3,(H2,14,16);1H2,2H3;/q-1;;-1;+2. The molecule has 12 nitrogen and oxygen atoms in total. The number of nitrogen functional groups attached to an aromatic ring is 1. The van der Waals surface area contributed by atoms with Gasteiger partial charge in [0, 0.05) is 76.0 Å². The summed E-state index contributed by atoms with van der Waals surface area (Å²) in [4.78, 5) is 45.1. The van der Waals surface area contributed by atoms with Gasteiger partial charge in [-0.25, -0.2) is 4.98 Å². The molecule has 2 aliphatic rings. The second-order valence-corrected chi connectivity index (χ2v) is 15.9. The van der Waals surface area contributed by atoms with Crippen molar-refractivity contribution < 1.29 is 53.9 Å². The number of rotatable bonds is 16. The number of pyridine rings is 1. The van der Waals surface area contributed by atoms with Gasteiger partial charge in [0.1, 0.15) is 11.9 Å². The molecular weight excluding hydrogens is 1040 g/mol. The van der Waals surface area contributed by atoms with Gasteiger partial charge in [-0.05, 0) is 61.3 Å². The van der Waals surface area contributed by atoms with Crippen molar-refractivity contribution in [1.29, 1.82) is 0 Å². The summed E-state index contributed by atoms with van der Waals surface area (Å²) in [5, 5.41) is 10.9. The van der Waals surface area contributed by atoms with Gasteiger partial charge < -0.3 is 39.6 Å². The Morgan fingerprint density at radius 1 is 1.11 bits per heavy atom. The van der Waals surface area contributed by atoms with Crippen LogP contribution in [0.4, 0.5) is 19.0 Å². The third-order valence-electron chi connectivity index (χ3n) is 9.39. The van der Waals surface area contributed by atoms with Gasteiger partial charge in [0.2, 0.25) is 11.8 Å². The fourth-order valence-corrected chi connectivity index (χ4v) is 6.62. The predicted molar refractivity (Wildman–Crippen MR) is 246 cm³/mol. The van der Waals surface area contributed by atoms with Crippen LogP contribution in [0, 0.1) is 50.4 Å². The van der Waals surface area contributed by atoms with Crippen LogP contribution in [0.15, 0.2) is 81.5 Å². The molecule has 3 heterocycles. The van der Waals surface area contributed by atoms with Crippen molar-refractivity contribution in [3.8, 4) is 11.1 Å². The molecule has 0 radical (unpaired) electrons. The maximum Gasteiger partial charge on any atom is 2.00 e. The number of halogens is 3. The number of hydrogen-bond donors (Lipinski definition) is 3. The number of alkyl halides is 3. The Bertz CT molecular complexity index is 2080. The summed E-state index contributed by atoms with van der Waals surface area (Å²) in [5.74, 6) is -0.177. The number of allylic oxidation sites excluding steroid dienone is 1. The van der Waals surface area contributed by atoms with Crippen LogP contribution in [0.5, 0.6) is 0 Å². The molecule has 2 aromatic heterocycles. The predicted octanol–water partition coefficient (Wildman–Crippen LogP) is 7.07. The summed E-state index contributed by atoms with van der Waals surface area (Å²) in [7, 11) is 7.85. The summed E-state index contributed by atoms with van der Waals surface area (Å²) < 4.78 is 42.6. The molecule has 3 atom stereocenters. The van der Waals surface area contributed by atoms with Gasteiger partial charge >= 0.3 is 37.3 Å². The molecule has 3 aromatic rings. The second kappa shape index (κ2) is 25.9. The topological polar surface area (TPSA) is 155 Å². The Labute approximate surface area is 391 Å². The van der Waals surface area contributed by atoms with E-state index in [0.717, 1.165) is 59.4 Å². The molecule has 0 spiro atoms. The zero-order valence-electron chi connectivity index (χ0n) is 37.1. The molecule has 0 saturated heterocycles. The first-order valence-electron chi connectivity index (χ1n) is 20.4. The molecule has 1 saturated carbocycles. The summed E-state index contributed by atoms with van der Waals surface area (Å²) in [6.45, 7) is 13.0. The molecule has 3 unspecified atom stereocenters. The third kappa shape index (κ3) is 17.2. The zero-order valence-corrected chi connectivity index (χ0v) is 42.4. The van der Waals surface area contributed by atoms with Crippen LogP contribution < -0.4 is 21.7 Å². The number of carbonyl (C=O) groups is 2. The fourth-order valence-electron chi connectivity index (χ4n) is 6.33. The van der Waals surface area contributed by atoms with Gasteiger partial charge in [0.15, 0.2) is 5.69 Å². The first-order valence-corrected chi connectivity index (χ1v) is 21.0. The smallest absolute Gasteiger partial charge is 0.383 e. The average molecular weight is 1100 g/mol. The summed E-state index contributed by atoms with van der Waals surface area (Å²) in [5.41, 5.74) is 8.00. The number of amides is 2. The molecule has 334 valence electrons. The van der Waals surface area contributed by atoms with E-state index in [1.54, 1.807) is 40.2 Å². The Hall–Kier alpha value is -4.12. The van der Waals surface area contributed by atoms with E-state index in [2.05, 4.69) is 57.9 Å². The van der Waals surface area contributed by atoms with Gasteiger partial charge in [-0.1, -0.05) is 56.7 Å². The minimum absolute atomic E-state index is 0. The summed E-state index contributed by atoms with van der Waals surface area (Å²) in [6, 6.07) is 10.1. The van der Waals surface area contributed by atoms with E-state index in [1.807, 2.05) is 74.8 Å². The van der Waals surface area contributed by atoms with Gasteiger partial charge in [-0.2, -0.15) is 31.6 Å². The minimum Gasteiger partial charge on any atom is -0.383 e. The number of aliphatic imine (C=N–C) groups is 3. The molecular formula is C45H62F3N10O2PU. The van der Waals surface area contributed by atoms with Crippen LogP contribution in [0.2, 0.25) is 0 Å². The first-order chi connectivity index (χ1) is 29.0. The van der Waals surface area contributed by atoms with Crippen molar-refractivity contribution in [2.24, 2.45) is 20.9 Å². The molecule has 62 heavy (non-hydrogen) atoms. The van der Waals surface area contributed by atoms with Gasteiger partial charge in [0.05, 0.1) is 23.5 Å². The maximum absolute atomic E-state index is 13.8. The van der Waals surface area contributed by atoms with Crippen molar-refractivity contribution in [3.63, 3.8) is 0 Å². The molecule has 1 aliphatic carbocycles. The molecule has 5 rings (SSSR count). The largest absolute Gasteiger partial charge is 2.00 e. The quantitative estimate of drug-likeness (QED) is 0.0793. The van der Waals surface area contributed by atoms with Gasteiger partial charge in [-0.3, -0.25) is 24.3 Å². The zero-order chi connectivity index (χ0) is 45.3. The fraction of sp³-hybridized carbons (Fsp3) is 0.444. The van der Waals surface area contributed by atoms with E-state index in [9.17, 15) is 22.8 Å². The Morgan fingerprint density at radius 3 is 2.40 bits per heavy atom. The Balaban J connectivity index is 0.000000549. The van der Waals surface area contributed by atoms with E-state index in [0.29, 0.717) is 12.2 Å². The number of nitrogens with one attached hydrogen (secondary N) is 2. The first kappa shape index (κ1) is 54.0. The van der Waals surface area contributed by atoms with E-state index in [-0.39, 0.29) is 73.4 Å². The van der Waals surface area contributed by atoms with Crippen LogP contribution >= 0.6 is 9.24 Å². The molecule has 17 heteroatoms. The van der Waals surface area contributed by atoms with Crippen molar-refractivity contribution in [3.05, 3.63) is 96.8 Å². The van der Waals surface area contributed by atoms with Crippen molar-refractivity contribution in [1.82, 2.24) is 30.3 Å². The van der Waals surface area contributed by atoms with Gasteiger partial charge in [0.25, 0.3) is 0 Å². The van der Waals surface area contributed by atoms with Crippen LogP contribution in [0.25, 0.3) is 11.1 Å². The number of nitrogens with two attached hydrogens (primary N) is 1. The summed E-state index contributed by atoms with van der Waals surface area (Å²) >= 11 is 0. The molecule has 2 amide bonds. The maximum atomic E-state index is 13.8. The van der Waals surface area contributed by atoms with Crippen LogP contribution in [-0.4, -0.2) is 94.9 Å². The molecule has 0 bridgehead atoms.